The maximum atomic E-state index is 12.0. The summed E-state index contributed by atoms with van der Waals surface area (Å²) in [6.07, 6.45) is 2.44. The molecule has 7 nitrogen and oxygen atoms in total. The van der Waals surface area contributed by atoms with Gasteiger partial charge < -0.3 is 20.5 Å². The first-order chi connectivity index (χ1) is 13.7. The van der Waals surface area contributed by atoms with E-state index in [2.05, 4.69) is 39.9 Å². The number of amides is 1. The van der Waals surface area contributed by atoms with E-state index in [1.54, 1.807) is 0 Å². The number of carbonyl (C=O) groups is 1. The van der Waals surface area contributed by atoms with Crippen molar-refractivity contribution in [3.05, 3.63) is 52.9 Å². The van der Waals surface area contributed by atoms with Crippen molar-refractivity contribution in [2.75, 3.05) is 19.6 Å². The standard InChI is InChI=1S/C21H31N5O2.HI/c1-4-18-17(19(5-2)28-26-18)15-25-21(22-6-3)24-14-10-13-23-20(27)16-11-8-7-9-12-16;/h7-9,11-12H,4-6,10,13-15H2,1-3H3,(H,23,27)(H2,22,24,25);1H. The topological polar surface area (TPSA) is 91.6 Å². The summed E-state index contributed by atoms with van der Waals surface area (Å²) in [7, 11) is 0. The van der Waals surface area contributed by atoms with Crippen molar-refractivity contribution in [1.29, 1.82) is 0 Å². The van der Waals surface area contributed by atoms with E-state index >= 15 is 0 Å². The molecule has 0 aliphatic carbocycles. The molecule has 2 aromatic rings. The molecule has 2 rings (SSSR count). The first-order valence-electron chi connectivity index (χ1n) is 10.0. The van der Waals surface area contributed by atoms with Crippen molar-refractivity contribution in [2.24, 2.45) is 4.99 Å². The van der Waals surface area contributed by atoms with E-state index in [1.165, 1.54) is 0 Å². The highest BCUT2D eigenvalue weighted by molar-refractivity contribution is 14.0. The fourth-order valence-electron chi connectivity index (χ4n) is 2.81. The van der Waals surface area contributed by atoms with Gasteiger partial charge >= 0.3 is 0 Å². The van der Waals surface area contributed by atoms with E-state index in [0.717, 1.165) is 48.8 Å². The Balaban J connectivity index is 0.00000420. The van der Waals surface area contributed by atoms with Crippen LogP contribution in [0, 0.1) is 0 Å². The summed E-state index contributed by atoms with van der Waals surface area (Å²) in [5.41, 5.74) is 2.73. The zero-order chi connectivity index (χ0) is 20.2. The Kier molecular flexibility index (Phi) is 12.0. The highest BCUT2D eigenvalue weighted by Crippen LogP contribution is 2.16. The summed E-state index contributed by atoms with van der Waals surface area (Å²) in [4.78, 5) is 16.7. The van der Waals surface area contributed by atoms with E-state index in [1.807, 2.05) is 37.3 Å². The van der Waals surface area contributed by atoms with Gasteiger partial charge in [-0.3, -0.25) is 4.79 Å². The zero-order valence-corrected chi connectivity index (χ0v) is 19.8. The van der Waals surface area contributed by atoms with Crippen LogP contribution in [0.1, 0.15) is 54.6 Å². The predicted octanol–water partition coefficient (Wildman–Crippen LogP) is 3.29. The number of rotatable bonds is 10. The van der Waals surface area contributed by atoms with Crippen LogP contribution in [0.25, 0.3) is 0 Å². The minimum absolute atomic E-state index is 0. The van der Waals surface area contributed by atoms with Crippen molar-refractivity contribution in [1.82, 2.24) is 21.1 Å². The van der Waals surface area contributed by atoms with Gasteiger partial charge in [0.15, 0.2) is 5.96 Å². The van der Waals surface area contributed by atoms with Crippen LogP contribution in [0.5, 0.6) is 0 Å². The van der Waals surface area contributed by atoms with Gasteiger partial charge in [0.2, 0.25) is 0 Å². The molecule has 0 aliphatic heterocycles. The molecule has 0 spiro atoms. The summed E-state index contributed by atoms with van der Waals surface area (Å²) < 4.78 is 5.40. The highest BCUT2D eigenvalue weighted by Gasteiger charge is 2.13. The lowest BCUT2D eigenvalue weighted by molar-refractivity contribution is 0.0953. The van der Waals surface area contributed by atoms with Crippen molar-refractivity contribution in [3.8, 4) is 0 Å². The van der Waals surface area contributed by atoms with Crippen LogP contribution >= 0.6 is 24.0 Å². The predicted molar refractivity (Wildman–Crippen MR) is 127 cm³/mol. The van der Waals surface area contributed by atoms with Crippen LogP contribution in [0.2, 0.25) is 0 Å². The Morgan fingerprint density at radius 2 is 1.76 bits per heavy atom. The maximum absolute atomic E-state index is 12.0. The number of guanidine groups is 1. The number of hydrogen-bond acceptors (Lipinski definition) is 4. The van der Waals surface area contributed by atoms with Crippen molar-refractivity contribution >= 4 is 35.8 Å². The largest absolute Gasteiger partial charge is 0.361 e. The van der Waals surface area contributed by atoms with Gasteiger partial charge in [-0.15, -0.1) is 24.0 Å². The second kappa shape index (κ2) is 14.0. The molecule has 160 valence electrons. The molecule has 0 aliphatic rings. The third-order valence-corrected chi connectivity index (χ3v) is 4.31. The highest BCUT2D eigenvalue weighted by atomic mass is 127. The van der Waals surface area contributed by atoms with E-state index in [4.69, 9.17) is 4.52 Å². The molecule has 1 heterocycles. The molecule has 3 N–H and O–H groups in total. The number of nitrogens with zero attached hydrogens (tertiary/aromatic N) is 2. The number of benzene rings is 1. The molecule has 1 aromatic carbocycles. The quantitative estimate of drug-likeness (QED) is 0.196. The Labute approximate surface area is 190 Å². The van der Waals surface area contributed by atoms with E-state index in [9.17, 15) is 4.79 Å². The third-order valence-electron chi connectivity index (χ3n) is 4.31. The fraction of sp³-hybridized carbons (Fsp3) is 0.476. The minimum Gasteiger partial charge on any atom is -0.361 e. The van der Waals surface area contributed by atoms with Crippen LogP contribution in [0.4, 0.5) is 0 Å². The molecule has 29 heavy (non-hydrogen) atoms. The molecular weight excluding hydrogens is 481 g/mol. The number of carbonyl (C=O) groups excluding carboxylic acids is 1. The maximum Gasteiger partial charge on any atom is 0.251 e. The second-order valence-electron chi connectivity index (χ2n) is 6.34. The van der Waals surface area contributed by atoms with Gasteiger partial charge in [-0.25, -0.2) is 4.99 Å². The van der Waals surface area contributed by atoms with Gasteiger partial charge in [-0.2, -0.15) is 0 Å². The third kappa shape index (κ3) is 8.04. The van der Waals surface area contributed by atoms with Crippen molar-refractivity contribution in [3.63, 3.8) is 0 Å². The van der Waals surface area contributed by atoms with Crippen LogP contribution in [-0.2, 0) is 19.4 Å². The Morgan fingerprint density at radius 3 is 2.41 bits per heavy atom. The van der Waals surface area contributed by atoms with Crippen LogP contribution in [-0.4, -0.2) is 36.7 Å². The first kappa shape index (κ1) is 24.9. The lowest BCUT2D eigenvalue weighted by Gasteiger charge is -2.12. The normalized spacial score (nSPS) is 10.9. The molecule has 1 amide bonds. The van der Waals surface area contributed by atoms with Crippen molar-refractivity contribution in [2.45, 2.75) is 46.6 Å². The number of aromatic nitrogens is 1. The molecule has 0 bridgehead atoms. The molecule has 0 saturated carbocycles. The van der Waals surface area contributed by atoms with Crippen molar-refractivity contribution < 1.29 is 9.32 Å². The number of aliphatic imine (C=N–C) groups is 1. The molecule has 0 unspecified atom stereocenters. The Bertz CT molecular complexity index is 740. The number of aryl methyl sites for hydroxylation is 2. The Morgan fingerprint density at radius 1 is 1.03 bits per heavy atom. The van der Waals surface area contributed by atoms with Crippen LogP contribution in [0.15, 0.2) is 39.8 Å². The summed E-state index contributed by atoms with van der Waals surface area (Å²) in [5.74, 6) is 1.61. The molecule has 8 heteroatoms. The summed E-state index contributed by atoms with van der Waals surface area (Å²) in [6, 6.07) is 9.24. The van der Waals surface area contributed by atoms with E-state index in [0.29, 0.717) is 25.2 Å². The smallest absolute Gasteiger partial charge is 0.251 e. The lowest BCUT2D eigenvalue weighted by atomic mass is 10.1. The Hall–Kier alpha value is -2.10. The molecule has 0 atom stereocenters. The SMILES string of the molecule is CCNC(=NCc1c(CC)noc1CC)NCCCNC(=O)c1ccccc1.I. The molecule has 0 fully saturated rings. The summed E-state index contributed by atoms with van der Waals surface area (Å²) in [5, 5.41) is 13.6. The summed E-state index contributed by atoms with van der Waals surface area (Å²) >= 11 is 0. The first-order valence-corrected chi connectivity index (χ1v) is 10.0. The minimum atomic E-state index is -0.0483. The molecule has 0 radical (unpaired) electrons. The molecule has 0 saturated heterocycles. The number of nitrogens with one attached hydrogen (secondary N) is 3. The number of halogens is 1. The van der Waals surface area contributed by atoms with Gasteiger partial charge in [-0.05, 0) is 31.9 Å². The molecule has 1 aromatic heterocycles. The monoisotopic (exact) mass is 513 g/mol. The summed E-state index contributed by atoms with van der Waals surface area (Å²) in [6.45, 7) is 8.79. The lowest BCUT2D eigenvalue weighted by Crippen LogP contribution is -2.38. The van der Waals surface area contributed by atoms with Gasteiger partial charge in [0, 0.05) is 37.2 Å². The zero-order valence-electron chi connectivity index (χ0n) is 17.5. The fourth-order valence-corrected chi connectivity index (χ4v) is 2.81. The van der Waals surface area contributed by atoms with Gasteiger partial charge in [0.05, 0.1) is 12.2 Å². The number of hydrogen-bond donors (Lipinski definition) is 3. The second-order valence-corrected chi connectivity index (χ2v) is 6.34. The molecular formula is C21H32IN5O2. The van der Waals surface area contributed by atoms with E-state index < -0.39 is 0 Å². The van der Waals surface area contributed by atoms with Crippen LogP contribution < -0.4 is 16.0 Å². The van der Waals surface area contributed by atoms with Gasteiger partial charge in [-0.1, -0.05) is 37.2 Å². The average molecular weight is 513 g/mol. The van der Waals surface area contributed by atoms with E-state index in [-0.39, 0.29) is 29.9 Å². The van der Waals surface area contributed by atoms with Gasteiger partial charge in [0.1, 0.15) is 5.76 Å². The van der Waals surface area contributed by atoms with Gasteiger partial charge in [0.25, 0.3) is 5.91 Å². The van der Waals surface area contributed by atoms with Crippen LogP contribution in [0.3, 0.4) is 0 Å². The average Bonchev–Trinajstić information content (AvgIpc) is 3.14.